The molecule has 0 aromatic heterocycles. The molecule has 1 aromatic carbocycles. The van der Waals surface area contributed by atoms with E-state index in [0.29, 0.717) is 6.42 Å². The average Bonchev–Trinajstić information content (AvgIpc) is 2.45. The van der Waals surface area contributed by atoms with Gasteiger partial charge in [0.15, 0.2) is 6.29 Å². The van der Waals surface area contributed by atoms with Crippen molar-refractivity contribution in [2.75, 3.05) is 6.61 Å². The van der Waals surface area contributed by atoms with Crippen molar-refractivity contribution in [1.29, 1.82) is 0 Å². The highest BCUT2D eigenvalue weighted by Crippen LogP contribution is 2.14. The molecule has 0 spiro atoms. The Morgan fingerprint density at radius 3 is 2.63 bits per heavy atom. The van der Waals surface area contributed by atoms with Gasteiger partial charge in [-0.2, -0.15) is 0 Å². The molecule has 1 aromatic rings. The molecule has 1 rings (SSSR count). The van der Waals surface area contributed by atoms with E-state index < -0.39 is 0 Å². The molecule has 0 saturated carbocycles. The van der Waals surface area contributed by atoms with Crippen LogP contribution < -0.4 is 4.74 Å². The van der Waals surface area contributed by atoms with Crippen LogP contribution >= 0.6 is 0 Å². The third-order valence-electron chi connectivity index (χ3n) is 2.87. The van der Waals surface area contributed by atoms with E-state index in [9.17, 15) is 4.79 Å². The Kier molecular flexibility index (Phi) is 8.45. The molecule has 0 atom stereocenters. The summed E-state index contributed by atoms with van der Waals surface area (Å²) in [5, 5.41) is 0. The fourth-order valence-corrected chi connectivity index (χ4v) is 1.76. The standard InChI is InChI=1S/C17H23O2/c1-2-3-4-8-15-19-17-12-10-16(11-13-17)9-6-5-7-14-18/h6,9-13H,2-5,7-8,15H2,1H3/b9-6+. The molecular formula is C17H23O2. The first-order valence-corrected chi connectivity index (χ1v) is 7.11. The van der Waals surface area contributed by atoms with Crippen LogP contribution in [-0.2, 0) is 4.79 Å². The molecule has 2 nitrogen and oxygen atoms in total. The van der Waals surface area contributed by atoms with Crippen LogP contribution in [0.3, 0.4) is 0 Å². The molecule has 0 heterocycles. The number of ether oxygens (including phenoxy) is 1. The van der Waals surface area contributed by atoms with E-state index in [1.165, 1.54) is 19.3 Å². The van der Waals surface area contributed by atoms with Gasteiger partial charge in [-0.15, -0.1) is 0 Å². The molecule has 0 amide bonds. The van der Waals surface area contributed by atoms with Gasteiger partial charge < -0.3 is 4.74 Å². The van der Waals surface area contributed by atoms with Crippen LogP contribution in [0.2, 0.25) is 0 Å². The Bertz CT molecular complexity index is 365. The second kappa shape index (κ2) is 10.4. The van der Waals surface area contributed by atoms with Crippen LogP contribution in [0.1, 0.15) is 51.0 Å². The largest absolute Gasteiger partial charge is 0.494 e. The number of benzene rings is 1. The second-order valence-electron chi connectivity index (χ2n) is 4.56. The molecule has 0 aliphatic heterocycles. The SMILES string of the molecule is CCCCCCOc1ccc(/C=C/CC[C]=O)cc1. The van der Waals surface area contributed by atoms with E-state index in [1.54, 1.807) is 0 Å². The van der Waals surface area contributed by atoms with Crippen molar-refractivity contribution in [2.45, 2.75) is 45.4 Å². The lowest BCUT2D eigenvalue weighted by molar-refractivity contribution is 0.305. The molecular weight excluding hydrogens is 236 g/mol. The zero-order valence-electron chi connectivity index (χ0n) is 11.7. The van der Waals surface area contributed by atoms with Crippen LogP contribution in [0.25, 0.3) is 6.08 Å². The highest BCUT2D eigenvalue weighted by Gasteiger charge is 1.94. The highest BCUT2D eigenvalue weighted by atomic mass is 16.5. The van der Waals surface area contributed by atoms with Crippen molar-refractivity contribution < 1.29 is 9.53 Å². The number of hydrogen-bond donors (Lipinski definition) is 0. The van der Waals surface area contributed by atoms with Gasteiger partial charge >= 0.3 is 0 Å². The third kappa shape index (κ3) is 7.45. The molecule has 103 valence electrons. The van der Waals surface area contributed by atoms with Crippen LogP contribution in [0, 0.1) is 0 Å². The van der Waals surface area contributed by atoms with Crippen molar-refractivity contribution in [2.24, 2.45) is 0 Å². The van der Waals surface area contributed by atoms with Crippen molar-refractivity contribution in [3.63, 3.8) is 0 Å². The first-order chi connectivity index (χ1) is 9.36. The van der Waals surface area contributed by atoms with Gasteiger partial charge in [-0.05, 0) is 30.5 Å². The van der Waals surface area contributed by atoms with Gasteiger partial charge in [0, 0.05) is 6.42 Å². The number of allylic oxidation sites excluding steroid dienone is 1. The first kappa shape index (κ1) is 15.5. The van der Waals surface area contributed by atoms with Gasteiger partial charge in [-0.1, -0.05) is 50.5 Å². The van der Waals surface area contributed by atoms with E-state index in [0.717, 1.165) is 30.8 Å². The maximum Gasteiger partial charge on any atom is 0.198 e. The molecule has 0 N–H and O–H groups in total. The van der Waals surface area contributed by atoms with E-state index in [2.05, 4.69) is 6.92 Å². The first-order valence-electron chi connectivity index (χ1n) is 7.11. The van der Waals surface area contributed by atoms with Crippen molar-refractivity contribution in [3.8, 4) is 5.75 Å². The van der Waals surface area contributed by atoms with Crippen molar-refractivity contribution in [1.82, 2.24) is 0 Å². The topological polar surface area (TPSA) is 26.3 Å². The summed E-state index contributed by atoms with van der Waals surface area (Å²) >= 11 is 0. The maximum absolute atomic E-state index is 10.1. The zero-order chi connectivity index (χ0) is 13.8. The van der Waals surface area contributed by atoms with Crippen molar-refractivity contribution in [3.05, 3.63) is 35.9 Å². The Hall–Kier alpha value is -1.57. The molecule has 0 saturated heterocycles. The molecule has 2 heteroatoms. The molecule has 0 aliphatic carbocycles. The minimum absolute atomic E-state index is 0.468. The van der Waals surface area contributed by atoms with E-state index in [1.807, 2.05) is 42.7 Å². The van der Waals surface area contributed by atoms with Crippen LogP contribution in [-0.4, -0.2) is 12.9 Å². The summed E-state index contributed by atoms with van der Waals surface area (Å²) in [4.78, 5) is 10.1. The van der Waals surface area contributed by atoms with Gasteiger partial charge in [0.25, 0.3) is 0 Å². The van der Waals surface area contributed by atoms with Gasteiger partial charge in [-0.3, -0.25) is 4.79 Å². The minimum atomic E-state index is 0.468. The number of hydrogen-bond acceptors (Lipinski definition) is 2. The smallest absolute Gasteiger partial charge is 0.198 e. The molecule has 0 unspecified atom stereocenters. The molecule has 1 radical (unpaired) electrons. The number of unbranched alkanes of at least 4 members (excludes halogenated alkanes) is 4. The van der Waals surface area contributed by atoms with Crippen LogP contribution in [0.4, 0.5) is 0 Å². The fraction of sp³-hybridized carbons (Fsp3) is 0.471. The zero-order valence-corrected chi connectivity index (χ0v) is 11.7. The predicted molar refractivity (Wildman–Crippen MR) is 80.0 cm³/mol. The van der Waals surface area contributed by atoms with E-state index >= 15 is 0 Å². The number of rotatable bonds is 10. The summed E-state index contributed by atoms with van der Waals surface area (Å²) in [6.45, 7) is 3.00. The summed E-state index contributed by atoms with van der Waals surface area (Å²) in [6, 6.07) is 8.04. The summed E-state index contributed by atoms with van der Waals surface area (Å²) < 4.78 is 5.68. The van der Waals surface area contributed by atoms with E-state index in [4.69, 9.17) is 4.74 Å². The van der Waals surface area contributed by atoms with E-state index in [-0.39, 0.29) is 0 Å². The third-order valence-corrected chi connectivity index (χ3v) is 2.87. The summed E-state index contributed by atoms with van der Waals surface area (Å²) in [5.41, 5.74) is 1.13. The summed E-state index contributed by atoms with van der Waals surface area (Å²) in [5.74, 6) is 0.926. The Balaban J connectivity index is 2.27. The second-order valence-corrected chi connectivity index (χ2v) is 4.56. The Morgan fingerprint density at radius 2 is 1.95 bits per heavy atom. The number of carbonyl (C=O) groups excluding carboxylic acids is 1. The lowest BCUT2D eigenvalue weighted by atomic mass is 10.2. The normalized spacial score (nSPS) is 10.8. The molecule has 19 heavy (non-hydrogen) atoms. The molecule has 0 bridgehead atoms. The monoisotopic (exact) mass is 259 g/mol. The quantitative estimate of drug-likeness (QED) is 0.576. The Morgan fingerprint density at radius 1 is 1.16 bits per heavy atom. The van der Waals surface area contributed by atoms with Gasteiger partial charge in [-0.25, -0.2) is 0 Å². The minimum Gasteiger partial charge on any atom is -0.494 e. The van der Waals surface area contributed by atoms with Crippen molar-refractivity contribution >= 4 is 12.4 Å². The van der Waals surface area contributed by atoms with Gasteiger partial charge in [0.1, 0.15) is 5.75 Å². The van der Waals surface area contributed by atoms with Crippen LogP contribution in [0.15, 0.2) is 30.3 Å². The van der Waals surface area contributed by atoms with Gasteiger partial charge in [0.2, 0.25) is 0 Å². The van der Waals surface area contributed by atoms with Crippen LogP contribution in [0.5, 0.6) is 5.75 Å². The lowest BCUT2D eigenvalue weighted by Gasteiger charge is -2.05. The maximum atomic E-state index is 10.1. The fourth-order valence-electron chi connectivity index (χ4n) is 1.76. The molecule has 0 fully saturated rings. The highest BCUT2D eigenvalue weighted by molar-refractivity contribution is 5.53. The predicted octanol–water partition coefficient (Wildman–Crippen LogP) is 4.55. The summed E-state index contributed by atoms with van der Waals surface area (Å²) in [7, 11) is 0. The summed E-state index contributed by atoms with van der Waals surface area (Å²) in [6.07, 6.45) is 12.0. The van der Waals surface area contributed by atoms with Gasteiger partial charge in [0.05, 0.1) is 6.61 Å². The molecule has 0 aliphatic rings. The lowest BCUT2D eigenvalue weighted by Crippen LogP contribution is -1.96. The average molecular weight is 259 g/mol. The Labute approximate surface area is 116 Å².